The molecule has 0 radical (unpaired) electrons. The maximum atomic E-state index is 13.0. The first kappa shape index (κ1) is 17.7. The van der Waals surface area contributed by atoms with Crippen molar-refractivity contribution >= 4 is 23.4 Å². The molecule has 3 saturated heterocycles. The highest BCUT2D eigenvalue weighted by Crippen LogP contribution is 2.51. The van der Waals surface area contributed by atoms with E-state index in [1.165, 1.54) is 0 Å². The minimum Gasteiger partial charge on any atom is -0.351 e. The van der Waals surface area contributed by atoms with Crippen LogP contribution in [0.3, 0.4) is 0 Å². The van der Waals surface area contributed by atoms with Crippen LogP contribution in [0, 0.1) is 0 Å². The Hall–Kier alpha value is -2.37. The summed E-state index contributed by atoms with van der Waals surface area (Å²) in [7, 11) is 0. The predicted molar refractivity (Wildman–Crippen MR) is 105 cm³/mol. The molecule has 3 heterocycles. The first-order chi connectivity index (χ1) is 13.6. The van der Waals surface area contributed by atoms with Crippen LogP contribution in [0.5, 0.6) is 0 Å². The van der Waals surface area contributed by atoms with E-state index in [2.05, 4.69) is 0 Å². The topological polar surface area (TPSA) is 49.9 Å². The lowest BCUT2D eigenvalue weighted by Crippen LogP contribution is -2.49. The number of rotatable bonds is 3. The molecule has 0 saturated carbocycles. The third kappa shape index (κ3) is 2.65. The number of amides is 2. The molecular formula is C22H21ClN2O3. The van der Waals surface area contributed by atoms with Crippen LogP contribution in [0.4, 0.5) is 0 Å². The summed E-state index contributed by atoms with van der Waals surface area (Å²) in [5, 5.41) is 0.652. The molecule has 3 fully saturated rings. The maximum absolute atomic E-state index is 13.0. The van der Waals surface area contributed by atoms with Crippen LogP contribution in [-0.2, 0) is 20.7 Å². The normalized spacial score (nSPS) is 28.5. The summed E-state index contributed by atoms with van der Waals surface area (Å²) in [6.07, 6.45) is 1.30. The fraction of sp³-hybridized carbons (Fsp3) is 0.364. The summed E-state index contributed by atoms with van der Waals surface area (Å²) in [5.41, 5.74) is 1.33. The Labute approximate surface area is 168 Å². The highest BCUT2D eigenvalue weighted by atomic mass is 35.5. The van der Waals surface area contributed by atoms with Crippen LogP contribution in [0.1, 0.15) is 30.0 Å². The van der Waals surface area contributed by atoms with Crippen LogP contribution >= 0.6 is 11.6 Å². The monoisotopic (exact) mass is 396 g/mol. The van der Waals surface area contributed by atoms with Gasteiger partial charge in [-0.15, -0.1) is 0 Å². The molecule has 144 valence electrons. The molecule has 6 heteroatoms. The average Bonchev–Trinajstić information content (AvgIpc) is 3.33. The van der Waals surface area contributed by atoms with Gasteiger partial charge in [0.1, 0.15) is 0 Å². The Morgan fingerprint density at radius 3 is 2.64 bits per heavy atom. The SMILES string of the molecule is O=C(Cc1ccc(Cl)cc1)N1CC[C@@]23OC[C@@H](c4ccccc4)N2C(=O)C[C@@H]13. The van der Waals surface area contributed by atoms with E-state index in [-0.39, 0.29) is 23.9 Å². The lowest BCUT2D eigenvalue weighted by Gasteiger charge is -2.33. The predicted octanol–water partition coefficient (Wildman–Crippen LogP) is 3.18. The molecule has 2 aromatic carbocycles. The average molecular weight is 397 g/mol. The molecule has 2 amide bonds. The molecule has 0 aliphatic carbocycles. The zero-order valence-corrected chi connectivity index (χ0v) is 16.1. The Kier molecular flexibility index (Phi) is 4.18. The number of nitrogens with zero attached hydrogens (tertiary/aromatic N) is 2. The van der Waals surface area contributed by atoms with Crippen molar-refractivity contribution < 1.29 is 14.3 Å². The fourth-order valence-corrected chi connectivity index (χ4v) is 5.07. The van der Waals surface area contributed by atoms with E-state index in [0.717, 1.165) is 11.1 Å². The highest BCUT2D eigenvalue weighted by molar-refractivity contribution is 6.30. The number of benzene rings is 2. The molecule has 1 spiro atoms. The fourth-order valence-electron chi connectivity index (χ4n) is 4.94. The zero-order chi connectivity index (χ0) is 19.3. The Morgan fingerprint density at radius 1 is 1.14 bits per heavy atom. The van der Waals surface area contributed by atoms with Crippen LogP contribution in [-0.4, -0.2) is 46.5 Å². The maximum Gasteiger partial charge on any atom is 0.227 e. The van der Waals surface area contributed by atoms with Gasteiger partial charge in [-0.2, -0.15) is 0 Å². The molecule has 2 aromatic rings. The van der Waals surface area contributed by atoms with Crippen molar-refractivity contribution in [2.45, 2.75) is 37.1 Å². The number of halogens is 1. The largest absolute Gasteiger partial charge is 0.351 e. The van der Waals surface area contributed by atoms with Crippen molar-refractivity contribution in [1.29, 1.82) is 0 Å². The Morgan fingerprint density at radius 2 is 1.89 bits per heavy atom. The van der Waals surface area contributed by atoms with Gasteiger partial charge in [0.25, 0.3) is 0 Å². The number of hydrogen-bond donors (Lipinski definition) is 0. The summed E-state index contributed by atoms with van der Waals surface area (Å²) < 4.78 is 6.27. The molecule has 0 unspecified atom stereocenters. The van der Waals surface area contributed by atoms with Gasteiger partial charge in [-0.3, -0.25) is 9.59 Å². The molecule has 5 nitrogen and oxygen atoms in total. The molecule has 28 heavy (non-hydrogen) atoms. The minimum absolute atomic E-state index is 0.0330. The van der Waals surface area contributed by atoms with E-state index in [1.807, 2.05) is 52.3 Å². The number of likely N-dealkylation sites (tertiary alicyclic amines) is 1. The van der Waals surface area contributed by atoms with Gasteiger partial charge in [0.2, 0.25) is 11.8 Å². The van der Waals surface area contributed by atoms with Crippen molar-refractivity contribution in [2.24, 2.45) is 0 Å². The van der Waals surface area contributed by atoms with Crippen LogP contribution in [0.15, 0.2) is 54.6 Å². The first-order valence-corrected chi connectivity index (χ1v) is 10.0. The van der Waals surface area contributed by atoms with Crippen molar-refractivity contribution in [3.63, 3.8) is 0 Å². The van der Waals surface area contributed by atoms with E-state index < -0.39 is 5.72 Å². The van der Waals surface area contributed by atoms with Crippen LogP contribution in [0.25, 0.3) is 0 Å². The van der Waals surface area contributed by atoms with Gasteiger partial charge >= 0.3 is 0 Å². The van der Waals surface area contributed by atoms with Crippen LogP contribution < -0.4 is 0 Å². The number of hydrogen-bond acceptors (Lipinski definition) is 3. The van der Waals surface area contributed by atoms with Crippen molar-refractivity contribution in [2.75, 3.05) is 13.2 Å². The second-order valence-electron chi connectivity index (χ2n) is 7.71. The standard InChI is InChI=1S/C22H21ClN2O3/c23-17-8-6-15(7-9-17)12-20(26)24-11-10-22-19(24)13-21(27)25(22)18(14-28-22)16-4-2-1-3-5-16/h1-9,18-19H,10-14H2/t18-,19+,22-/m0/s1. The third-order valence-electron chi connectivity index (χ3n) is 6.23. The van der Waals surface area contributed by atoms with Gasteiger partial charge < -0.3 is 14.5 Å². The van der Waals surface area contributed by atoms with Crippen molar-refractivity contribution in [3.8, 4) is 0 Å². The van der Waals surface area contributed by atoms with E-state index in [0.29, 0.717) is 37.4 Å². The molecule has 3 atom stereocenters. The summed E-state index contributed by atoms with van der Waals surface area (Å²) in [6, 6.07) is 17.0. The quantitative estimate of drug-likeness (QED) is 0.800. The number of ether oxygens (including phenoxy) is 1. The molecular weight excluding hydrogens is 376 g/mol. The molecule has 5 rings (SSSR count). The molecule has 3 aliphatic rings. The van der Waals surface area contributed by atoms with E-state index in [1.54, 1.807) is 12.1 Å². The van der Waals surface area contributed by atoms with Gasteiger partial charge in [-0.1, -0.05) is 54.1 Å². The lowest BCUT2D eigenvalue weighted by atomic mass is 10.0. The third-order valence-corrected chi connectivity index (χ3v) is 6.48. The smallest absolute Gasteiger partial charge is 0.227 e. The van der Waals surface area contributed by atoms with Gasteiger partial charge in [0.05, 0.1) is 31.5 Å². The highest BCUT2D eigenvalue weighted by Gasteiger charge is 2.65. The van der Waals surface area contributed by atoms with Gasteiger partial charge in [0.15, 0.2) is 5.72 Å². The second-order valence-corrected chi connectivity index (χ2v) is 8.14. The van der Waals surface area contributed by atoms with E-state index >= 15 is 0 Å². The summed E-state index contributed by atoms with van der Waals surface area (Å²) >= 11 is 5.93. The molecule has 0 N–H and O–H groups in total. The van der Waals surface area contributed by atoms with Gasteiger partial charge in [-0.05, 0) is 23.3 Å². The Balaban J connectivity index is 1.38. The molecule has 0 bridgehead atoms. The van der Waals surface area contributed by atoms with E-state index in [9.17, 15) is 9.59 Å². The van der Waals surface area contributed by atoms with Crippen LogP contribution in [0.2, 0.25) is 5.02 Å². The summed E-state index contributed by atoms with van der Waals surface area (Å²) in [6.45, 7) is 1.09. The summed E-state index contributed by atoms with van der Waals surface area (Å²) in [5.74, 6) is 0.103. The number of carbonyl (C=O) groups excluding carboxylic acids is 2. The second kappa shape index (κ2) is 6.61. The van der Waals surface area contributed by atoms with E-state index in [4.69, 9.17) is 16.3 Å². The van der Waals surface area contributed by atoms with Gasteiger partial charge in [-0.25, -0.2) is 0 Å². The van der Waals surface area contributed by atoms with Crippen molar-refractivity contribution in [1.82, 2.24) is 9.80 Å². The first-order valence-electron chi connectivity index (χ1n) is 9.63. The molecule has 0 aromatic heterocycles. The Bertz CT molecular complexity index is 917. The minimum atomic E-state index is -0.673. The summed E-state index contributed by atoms with van der Waals surface area (Å²) in [4.78, 5) is 29.7. The number of carbonyl (C=O) groups is 2. The van der Waals surface area contributed by atoms with Crippen molar-refractivity contribution in [3.05, 3.63) is 70.7 Å². The lowest BCUT2D eigenvalue weighted by molar-refractivity contribution is -0.141. The zero-order valence-electron chi connectivity index (χ0n) is 15.4. The van der Waals surface area contributed by atoms with Gasteiger partial charge in [0, 0.05) is 18.0 Å². The molecule has 3 aliphatic heterocycles.